The first-order valence-electron chi connectivity index (χ1n) is 5.15. The quantitative estimate of drug-likeness (QED) is 0.817. The van der Waals surface area contributed by atoms with Gasteiger partial charge in [-0.05, 0) is 36.9 Å². The van der Waals surface area contributed by atoms with E-state index in [2.05, 4.69) is 10.2 Å². The van der Waals surface area contributed by atoms with Crippen LogP contribution in [0.2, 0.25) is 0 Å². The summed E-state index contributed by atoms with van der Waals surface area (Å²) >= 11 is 1.29. The summed E-state index contributed by atoms with van der Waals surface area (Å²) in [6, 6.07) is 4.59. The van der Waals surface area contributed by atoms with Gasteiger partial charge in [0.2, 0.25) is 0 Å². The molecule has 0 saturated heterocycles. The number of nitrogens with zero attached hydrogens (tertiary/aromatic N) is 3. The highest BCUT2D eigenvalue weighted by Gasteiger charge is 2.12. The van der Waals surface area contributed by atoms with Gasteiger partial charge in [0.05, 0.1) is 5.56 Å². The summed E-state index contributed by atoms with van der Waals surface area (Å²) in [7, 11) is 1.84. The second kappa shape index (κ2) is 4.69. The van der Waals surface area contributed by atoms with E-state index in [1.165, 1.54) is 23.9 Å². The molecule has 1 aromatic heterocycles. The molecule has 3 N–H and O–H groups in total. The van der Waals surface area contributed by atoms with Crippen molar-refractivity contribution in [2.75, 3.05) is 5.73 Å². The zero-order valence-corrected chi connectivity index (χ0v) is 10.7. The Morgan fingerprint density at radius 2 is 2.17 bits per heavy atom. The lowest BCUT2D eigenvalue weighted by molar-refractivity contribution is 0.0696. The van der Waals surface area contributed by atoms with E-state index < -0.39 is 5.97 Å². The number of carboxylic acids is 1. The van der Waals surface area contributed by atoms with Crippen molar-refractivity contribution in [1.29, 1.82) is 0 Å². The molecule has 0 amide bonds. The highest BCUT2D eigenvalue weighted by molar-refractivity contribution is 7.99. The average Bonchev–Trinajstić information content (AvgIpc) is 2.63. The van der Waals surface area contributed by atoms with Crippen molar-refractivity contribution in [3.8, 4) is 0 Å². The van der Waals surface area contributed by atoms with Crippen molar-refractivity contribution >= 4 is 23.4 Å². The first-order valence-corrected chi connectivity index (χ1v) is 5.97. The first kappa shape index (κ1) is 12.4. The number of aromatic carboxylic acids is 1. The number of anilines is 1. The minimum atomic E-state index is -0.981. The molecule has 0 bridgehead atoms. The SMILES string of the molecule is Cc1nnc(Sc2cc(C(=O)O)ccc2N)n1C. The van der Waals surface area contributed by atoms with Gasteiger partial charge in [0, 0.05) is 17.6 Å². The van der Waals surface area contributed by atoms with Gasteiger partial charge in [-0.3, -0.25) is 0 Å². The third-order valence-electron chi connectivity index (χ3n) is 2.51. The summed E-state index contributed by atoms with van der Waals surface area (Å²) in [5.74, 6) is -0.198. The molecule has 1 heterocycles. The van der Waals surface area contributed by atoms with Gasteiger partial charge >= 0.3 is 5.97 Å². The molecule has 0 aliphatic rings. The molecule has 0 atom stereocenters. The maximum atomic E-state index is 10.9. The predicted molar refractivity (Wildman–Crippen MR) is 67.7 cm³/mol. The van der Waals surface area contributed by atoms with Crippen LogP contribution < -0.4 is 5.73 Å². The minimum Gasteiger partial charge on any atom is -0.478 e. The maximum Gasteiger partial charge on any atom is 0.335 e. The Kier molecular flexibility index (Phi) is 3.24. The molecule has 7 heteroatoms. The van der Waals surface area contributed by atoms with Gasteiger partial charge in [0.15, 0.2) is 5.16 Å². The van der Waals surface area contributed by atoms with Crippen LogP contribution in [0, 0.1) is 6.92 Å². The van der Waals surface area contributed by atoms with Gasteiger partial charge in [-0.1, -0.05) is 0 Å². The summed E-state index contributed by atoms with van der Waals surface area (Å²) in [5, 5.41) is 17.5. The molecule has 0 unspecified atom stereocenters. The third-order valence-corrected chi connectivity index (χ3v) is 3.63. The minimum absolute atomic E-state index is 0.200. The fourth-order valence-electron chi connectivity index (χ4n) is 1.33. The smallest absolute Gasteiger partial charge is 0.335 e. The number of nitrogen functional groups attached to an aromatic ring is 1. The Hall–Kier alpha value is -2.02. The molecular formula is C11H12N4O2S. The molecule has 0 fully saturated rings. The Morgan fingerprint density at radius 1 is 1.44 bits per heavy atom. The molecule has 18 heavy (non-hydrogen) atoms. The fraction of sp³-hybridized carbons (Fsp3) is 0.182. The summed E-state index contributed by atoms with van der Waals surface area (Å²) < 4.78 is 1.82. The standard InChI is InChI=1S/C11H12N4O2S/c1-6-13-14-11(15(6)2)18-9-5-7(10(16)17)3-4-8(9)12/h3-5H,12H2,1-2H3,(H,16,17). The van der Waals surface area contributed by atoms with Gasteiger partial charge in [-0.25, -0.2) is 4.79 Å². The van der Waals surface area contributed by atoms with E-state index in [4.69, 9.17) is 10.8 Å². The molecule has 6 nitrogen and oxygen atoms in total. The van der Waals surface area contributed by atoms with Crippen LogP contribution in [0.1, 0.15) is 16.2 Å². The lowest BCUT2D eigenvalue weighted by Gasteiger charge is -2.06. The van der Waals surface area contributed by atoms with E-state index in [9.17, 15) is 4.79 Å². The largest absolute Gasteiger partial charge is 0.478 e. The number of rotatable bonds is 3. The van der Waals surface area contributed by atoms with Crippen molar-refractivity contribution in [3.05, 3.63) is 29.6 Å². The molecule has 94 valence electrons. The number of aromatic nitrogens is 3. The van der Waals surface area contributed by atoms with E-state index in [0.717, 1.165) is 5.82 Å². The number of benzene rings is 1. The molecule has 0 radical (unpaired) electrons. The second-order valence-corrected chi connectivity index (χ2v) is 4.76. The van der Waals surface area contributed by atoms with Crippen LogP contribution in [0.4, 0.5) is 5.69 Å². The van der Waals surface area contributed by atoms with Crippen molar-refractivity contribution in [1.82, 2.24) is 14.8 Å². The van der Waals surface area contributed by atoms with Crippen molar-refractivity contribution < 1.29 is 9.90 Å². The van der Waals surface area contributed by atoms with Gasteiger partial charge < -0.3 is 15.4 Å². The van der Waals surface area contributed by atoms with Crippen LogP contribution >= 0.6 is 11.8 Å². The summed E-state index contributed by atoms with van der Waals surface area (Å²) in [6.45, 7) is 1.84. The van der Waals surface area contributed by atoms with Crippen LogP contribution in [-0.2, 0) is 7.05 Å². The lowest BCUT2D eigenvalue weighted by atomic mass is 10.2. The number of carboxylic acid groups (broad SMARTS) is 1. The Morgan fingerprint density at radius 3 is 2.72 bits per heavy atom. The molecule has 0 spiro atoms. The van der Waals surface area contributed by atoms with Crippen molar-refractivity contribution in [2.45, 2.75) is 17.0 Å². The van der Waals surface area contributed by atoms with E-state index in [0.29, 0.717) is 15.7 Å². The van der Waals surface area contributed by atoms with Crippen LogP contribution in [0.3, 0.4) is 0 Å². The number of hydrogen-bond donors (Lipinski definition) is 2. The van der Waals surface area contributed by atoms with Crippen LogP contribution in [0.25, 0.3) is 0 Å². The molecule has 0 aliphatic heterocycles. The predicted octanol–water partition coefficient (Wildman–Crippen LogP) is 1.56. The number of hydrogen-bond acceptors (Lipinski definition) is 5. The van der Waals surface area contributed by atoms with Gasteiger partial charge in [0.25, 0.3) is 0 Å². The maximum absolute atomic E-state index is 10.9. The molecule has 2 rings (SSSR count). The molecule has 2 aromatic rings. The van der Waals surface area contributed by atoms with Crippen molar-refractivity contribution in [2.24, 2.45) is 7.05 Å². The van der Waals surface area contributed by atoms with Gasteiger partial charge in [-0.2, -0.15) is 0 Å². The summed E-state index contributed by atoms with van der Waals surface area (Å²) in [6.07, 6.45) is 0. The zero-order chi connectivity index (χ0) is 13.3. The molecular weight excluding hydrogens is 252 g/mol. The molecule has 1 aromatic carbocycles. The fourth-order valence-corrected chi connectivity index (χ4v) is 2.25. The van der Waals surface area contributed by atoms with E-state index in [-0.39, 0.29) is 5.56 Å². The number of aryl methyl sites for hydroxylation is 1. The Labute approximate surface area is 108 Å². The van der Waals surface area contributed by atoms with E-state index >= 15 is 0 Å². The monoisotopic (exact) mass is 264 g/mol. The Bertz CT molecular complexity index is 609. The average molecular weight is 264 g/mol. The molecule has 0 saturated carbocycles. The van der Waals surface area contributed by atoms with Crippen molar-refractivity contribution in [3.63, 3.8) is 0 Å². The van der Waals surface area contributed by atoms with Gasteiger partial charge in [0.1, 0.15) is 5.82 Å². The van der Waals surface area contributed by atoms with Gasteiger partial charge in [-0.15, -0.1) is 10.2 Å². The normalized spacial score (nSPS) is 10.6. The van der Waals surface area contributed by atoms with Crippen LogP contribution in [-0.4, -0.2) is 25.8 Å². The molecule has 0 aliphatic carbocycles. The van der Waals surface area contributed by atoms with E-state index in [1.807, 2.05) is 18.5 Å². The first-order chi connectivity index (χ1) is 8.49. The third kappa shape index (κ3) is 2.30. The number of carbonyl (C=O) groups is 1. The second-order valence-electron chi connectivity index (χ2n) is 3.75. The van der Waals surface area contributed by atoms with Crippen LogP contribution in [0.5, 0.6) is 0 Å². The Balaban J connectivity index is 2.36. The topological polar surface area (TPSA) is 94.0 Å². The zero-order valence-electron chi connectivity index (χ0n) is 9.91. The van der Waals surface area contributed by atoms with Crippen LogP contribution in [0.15, 0.2) is 28.3 Å². The summed E-state index contributed by atoms with van der Waals surface area (Å²) in [5.41, 5.74) is 6.54. The highest BCUT2D eigenvalue weighted by Crippen LogP contribution is 2.31. The lowest BCUT2D eigenvalue weighted by Crippen LogP contribution is -1.99. The van der Waals surface area contributed by atoms with E-state index in [1.54, 1.807) is 6.07 Å². The summed E-state index contributed by atoms with van der Waals surface area (Å²) in [4.78, 5) is 11.6. The highest BCUT2D eigenvalue weighted by atomic mass is 32.2. The number of nitrogens with two attached hydrogens (primary N) is 1.